The summed E-state index contributed by atoms with van der Waals surface area (Å²) in [6, 6.07) is 9.27. The molecule has 0 radical (unpaired) electrons. The maximum Gasteiger partial charge on any atom is 0.339 e. The van der Waals surface area contributed by atoms with E-state index in [0.29, 0.717) is 5.56 Å². The minimum absolute atomic E-state index is 0.00598. The Morgan fingerprint density at radius 1 is 1.15 bits per heavy atom. The molecule has 4 aromatic rings. The number of Topliss-reactive ketones (excluding diaryl/α,β-unsaturated/α-hetero) is 1. The van der Waals surface area contributed by atoms with E-state index in [1.807, 2.05) is 18.4 Å². The van der Waals surface area contributed by atoms with E-state index in [1.54, 1.807) is 6.07 Å². The molecule has 0 atom stereocenters. The maximum atomic E-state index is 12.7. The molecule has 0 aliphatic heterocycles. The largest absolute Gasteiger partial charge is 0.378 e. The zero-order valence-corrected chi connectivity index (χ0v) is 16.3. The van der Waals surface area contributed by atoms with Crippen molar-refractivity contribution < 1.29 is 17.4 Å². The van der Waals surface area contributed by atoms with E-state index in [2.05, 4.69) is 4.98 Å². The number of carbonyl (C=O) groups is 1. The third kappa shape index (κ3) is 2.90. The predicted octanol–water partition coefficient (Wildman–Crippen LogP) is 4.79. The van der Waals surface area contributed by atoms with Gasteiger partial charge in [0.15, 0.2) is 11.5 Å². The Bertz CT molecular complexity index is 1250. The van der Waals surface area contributed by atoms with E-state index < -0.39 is 10.1 Å². The second-order valence-corrected chi connectivity index (χ2v) is 9.43. The number of aromatic nitrogens is 1. The summed E-state index contributed by atoms with van der Waals surface area (Å²) in [4.78, 5) is 15.9. The van der Waals surface area contributed by atoms with Gasteiger partial charge in [-0.15, -0.1) is 22.7 Å². The fourth-order valence-electron chi connectivity index (χ4n) is 2.68. The van der Waals surface area contributed by atoms with Crippen LogP contribution in [0, 0.1) is 6.92 Å². The van der Waals surface area contributed by atoms with E-state index in [0.717, 1.165) is 25.3 Å². The maximum absolute atomic E-state index is 12.7. The van der Waals surface area contributed by atoms with Crippen LogP contribution in [0.2, 0.25) is 0 Å². The number of thiophene rings is 1. The monoisotopic (exact) mass is 403 g/mol. The van der Waals surface area contributed by atoms with Gasteiger partial charge >= 0.3 is 10.1 Å². The summed E-state index contributed by atoms with van der Waals surface area (Å²) < 4.78 is 32.6. The summed E-state index contributed by atoms with van der Waals surface area (Å²) in [7, 11) is -4.01. The van der Waals surface area contributed by atoms with Gasteiger partial charge in [-0.2, -0.15) is 8.42 Å². The minimum atomic E-state index is -4.01. The zero-order chi connectivity index (χ0) is 18.5. The Labute approximate surface area is 158 Å². The lowest BCUT2D eigenvalue weighted by Crippen LogP contribution is -2.10. The number of nitrogens with zero attached hydrogens (tertiary/aromatic N) is 1. The Balaban J connectivity index is 1.79. The highest BCUT2D eigenvalue weighted by molar-refractivity contribution is 7.87. The average molecular weight is 404 g/mol. The molecule has 2 aromatic carbocycles. The van der Waals surface area contributed by atoms with Gasteiger partial charge in [0.25, 0.3) is 0 Å². The minimum Gasteiger partial charge on any atom is -0.378 e. The van der Waals surface area contributed by atoms with Crippen molar-refractivity contribution in [3.05, 3.63) is 52.3 Å². The van der Waals surface area contributed by atoms with E-state index in [9.17, 15) is 13.2 Å². The molecule has 0 saturated heterocycles. The topological polar surface area (TPSA) is 73.3 Å². The lowest BCUT2D eigenvalue weighted by molar-refractivity contribution is 0.101. The highest BCUT2D eigenvalue weighted by Crippen LogP contribution is 2.39. The lowest BCUT2D eigenvalue weighted by atomic mass is 10.2. The fourth-order valence-corrected chi connectivity index (χ4v) is 5.45. The molecule has 132 valence electrons. The standard InChI is InChI=1S/C18H13NO4S3/c1-10(20)12-3-5-13(6-4-12)26(21,22)23-15-9-16-17(19-11(2)25-16)18-14(15)7-8-24-18/h3-9H,1-2H3. The molecule has 8 heteroatoms. The molecule has 0 bridgehead atoms. The van der Waals surface area contributed by atoms with Crippen LogP contribution in [0.3, 0.4) is 0 Å². The van der Waals surface area contributed by atoms with Crippen LogP contribution >= 0.6 is 22.7 Å². The van der Waals surface area contributed by atoms with Gasteiger partial charge in [-0.25, -0.2) is 4.98 Å². The number of fused-ring (bicyclic) bond motifs is 3. The normalized spacial score (nSPS) is 11.9. The number of aryl methyl sites for hydroxylation is 1. The van der Waals surface area contributed by atoms with Gasteiger partial charge in [0.05, 0.1) is 19.9 Å². The molecule has 0 unspecified atom stereocenters. The van der Waals surface area contributed by atoms with E-state index in [-0.39, 0.29) is 16.4 Å². The first-order valence-corrected chi connectivity index (χ1v) is 10.8. The van der Waals surface area contributed by atoms with Gasteiger partial charge < -0.3 is 4.18 Å². The second kappa shape index (κ2) is 6.15. The van der Waals surface area contributed by atoms with Crippen molar-refractivity contribution in [2.75, 3.05) is 0 Å². The van der Waals surface area contributed by atoms with Crippen LogP contribution < -0.4 is 4.18 Å². The molecule has 4 rings (SSSR count). The molecule has 5 nitrogen and oxygen atoms in total. The Hall–Kier alpha value is -2.29. The number of hydrogen-bond acceptors (Lipinski definition) is 7. The van der Waals surface area contributed by atoms with E-state index in [4.69, 9.17) is 4.18 Å². The molecule has 2 heterocycles. The molecule has 0 aliphatic carbocycles. The SMILES string of the molecule is CC(=O)c1ccc(S(=O)(=O)Oc2cc3sc(C)nc3c3sccc23)cc1. The molecular formula is C18H13NO4S3. The molecule has 0 spiro atoms. The fraction of sp³-hybridized carbons (Fsp3) is 0.111. The molecule has 0 aliphatic rings. The Kier molecular flexibility index (Phi) is 4.06. The number of hydrogen-bond donors (Lipinski definition) is 0. The van der Waals surface area contributed by atoms with Crippen molar-refractivity contribution in [3.8, 4) is 5.75 Å². The Morgan fingerprint density at radius 3 is 2.58 bits per heavy atom. The summed E-state index contributed by atoms with van der Waals surface area (Å²) >= 11 is 3.00. The molecular weight excluding hydrogens is 390 g/mol. The van der Waals surface area contributed by atoms with Gasteiger partial charge in [-0.05, 0) is 37.4 Å². The first kappa shape index (κ1) is 17.1. The van der Waals surface area contributed by atoms with Crippen molar-refractivity contribution in [3.63, 3.8) is 0 Å². The first-order valence-electron chi connectivity index (χ1n) is 7.68. The highest BCUT2D eigenvalue weighted by atomic mass is 32.2. The van der Waals surface area contributed by atoms with Crippen molar-refractivity contribution in [1.82, 2.24) is 4.98 Å². The van der Waals surface area contributed by atoms with Gasteiger partial charge in [0.2, 0.25) is 0 Å². The summed E-state index contributed by atoms with van der Waals surface area (Å²) in [5.41, 5.74) is 1.32. The smallest absolute Gasteiger partial charge is 0.339 e. The third-order valence-electron chi connectivity index (χ3n) is 3.92. The number of thiazole rings is 1. The molecule has 2 aromatic heterocycles. The summed E-state index contributed by atoms with van der Waals surface area (Å²) in [5, 5.41) is 3.52. The Morgan fingerprint density at radius 2 is 1.88 bits per heavy atom. The molecule has 0 fully saturated rings. The lowest BCUT2D eigenvalue weighted by Gasteiger charge is -2.09. The van der Waals surface area contributed by atoms with Crippen molar-refractivity contribution in [1.29, 1.82) is 0 Å². The van der Waals surface area contributed by atoms with Gasteiger partial charge in [0, 0.05) is 17.0 Å². The van der Waals surface area contributed by atoms with Gasteiger partial charge in [-0.1, -0.05) is 12.1 Å². The van der Waals surface area contributed by atoms with Crippen LogP contribution in [0.1, 0.15) is 22.3 Å². The van der Waals surface area contributed by atoms with Crippen molar-refractivity contribution in [2.24, 2.45) is 0 Å². The predicted molar refractivity (Wildman–Crippen MR) is 104 cm³/mol. The van der Waals surface area contributed by atoms with Crippen LogP contribution in [0.5, 0.6) is 5.75 Å². The average Bonchev–Trinajstić information content (AvgIpc) is 3.20. The zero-order valence-electron chi connectivity index (χ0n) is 13.8. The summed E-state index contributed by atoms with van der Waals surface area (Å²) in [6.45, 7) is 3.34. The quantitative estimate of drug-likeness (QED) is 0.362. The van der Waals surface area contributed by atoms with Crippen LogP contribution in [0.15, 0.2) is 46.7 Å². The molecule has 0 saturated carbocycles. The third-order valence-corrected chi connectivity index (χ3v) is 7.00. The number of carbonyl (C=O) groups excluding carboxylic acids is 1. The van der Waals surface area contributed by atoms with Crippen molar-refractivity contribution >= 4 is 58.9 Å². The van der Waals surface area contributed by atoms with Gasteiger partial charge in [0.1, 0.15) is 4.90 Å². The van der Waals surface area contributed by atoms with E-state index in [1.165, 1.54) is 53.9 Å². The molecule has 26 heavy (non-hydrogen) atoms. The highest BCUT2D eigenvalue weighted by Gasteiger charge is 2.21. The van der Waals surface area contributed by atoms with Gasteiger partial charge in [-0.3, -0.25) is 4.79 Å². The van der Waals surface area contributed by atoms with Crippen LogP contribution in [-0.2, 0) is 10.1 Å². The van der Waals surface area contributed by atoms with Crippen molar-refractivity contribution in [2.45, 2.75) is 18.7 Å². The van der Waals surface area contributed by atoms with E-state index >= 15 is 0 Å². The first-order chi connectivity index (χ1) is 12.3. The summed E-state index contributed by atoms with van der Waals surface area (Å²) in [5.74, 6) is 0.161. The number of ketones is 1. The van der Waals surface area contributed by atoms with Crippen LogP contribution in [-0.4, -0.2) is 19.2 Å². The number of benzene rings is 2. The molecule has 0 N–H and O–H groups in total. The summed E-state index contributed by atoms with van der Waals surface area (Å²) in [6.07, 6.45) is 0. The second-order valence-electron chi connectivity index (χ2n) is 5.74. The number of rotatable bonds is 4. The van der Waals surface area contributed by atoms with Crippen LogP contribution in [0.25, 0.3) is 20.3 Å². The van der Waals surface area contributed by atoms with Crippen LogP contribution in [0.4, 0.5) is 0 Å². The molecule has 0 amide bonds.